The van der Waals surface area contributed by atoms with Gasteiger partial charge in [0.05, 0.1) is 0 Å². The number of aromatic nitrogens is 2. The molecular weight excluding hydrogens is 332 g/mol. The monoisotopic (exact) mass is 348 g/mol. The molecular formula is C15H17BrN4O. The molecule has 5 nitrogen and oxygen atoms in total. The van der Waals surface area contributed by atoms with Crippen LogP contribution in [0.25, 0.3) is 0 Å². The van der Waals surface area contributed by atoms with E-state index in [1.54, 1.807) is 24.5 Å². The Morgan fingerprint density at radius 1 is 1.19 bits per heavy atom. The molecule has 0 atom stereocenters. The van der Waals surface area contributed by atoms with E-state index in [1.807, 2.05) is 18.3 Å². The van der Waals surface area contributed by atoms with E-state index in [9.17, 15) is 4.79 Å². The number of nitrogens with one attached hydrogen (secondary N) is 2. The fourth-order valence-corrected chi connectivity index (χ4v) is 1.99. The van der Waals surface area contributed by atoms with Gasteiger partial charge >= 0.3 is 0 Å². The first-order valence-electron chi connectivity index (χ1n) is 6.75. The smallest absolute Gasteiger partial charge is 0.269 e. The Morgan fingerprint density at radius 3 is 2.81 bits per heavy atom. The van der Waals surface area contributed by atoms with E-state index in [0.717, 1.165) is 29.5 Å². The van der Waals surface area contributed by atoms with Crippen LogP contribution in [0.2, 0.25) is 0 Å². The summed E-state index contributed by atoms with van der Waals surface area (Å²) in [6.07, 6.45) is 6.08. The fourth-order valence-electron chi connectivity index (χ4n) is 1.75. The third-order valence-corrected chi connectivity index (χ3v) is 3.30. The van der Waals surface area contributed by atoms with Crippen LogP contribution in [0, 0.1) is 0 Å². The van der Waals surface area contributed by atoms with Crippen LogP contribution in [0.3, 0.4) is 0 Å². The molecule has 21 heavy (non-hydrogen) atoms. The summed E-state index contributed by atoms with van der Waals surface area (Å²) in [5.74, 6) is -0.144. The predicted octanol–water partition coefficient (Wildman–Crippen LogP) is 2.15. The maximum absolute atomic E-state index is 11.8. The van der Waals surface area contributed by atoms with E-state index < -0.39 is 0 Å². The highest BCUT2D eigenvalue weighted by Gasteiger charge is 2.05. The van der Waals surface area contributed by atoms with Crippen LogP contribution in [0.15, 0.2) is 47.3 Å². The normalized spacial score (nSPS) is 10.3. The lowest BCUT2D eigenvalue weighted by Gasteiger charge is -2.06. The average molecular weight is 349 g/mol. The lowest BCUT2D eigenvalue weighted by atomic mass is 10.3. The van der Waals surface area contributed by atoms with Gasteiger partial charge in [-0.2, -0.15) is 0 Å². The van der Waals surface area contributed by atoms with Gasteiger partial charge in [-0.05, 0) is 52.7 Å². The molecule has 2 aromatic rings. The molecule has 0 spiro atoms. The van der Waals surface area contributed by atoms with Crippen LogP contribution in [0.5, 0.6) is 0 Å². The molecule has 1 amide bonds. The molecule has 0 fully saturated rings. The van der Waals surface area contributed by atoms with Crippen molar-refractivity contribution in [3.05, 3.63) is 58.6 Å². The minimum atomic E-state index is -0.144. The second-order valence-electron chi connectivity index (χ2n) is 4.51. The molecule has 0 aromatic carbocycles. The van der Waals surface area contributed by atoms with Crippen LogP contribution >= 0.6 is 15.9 Å². The molecule has 0 unspecified atom stereocenters. The summed E-state index contributed by atoms with van der Waals surface area (Å²) in [5.41, 5.74) is 1.59. The van der Waals surface area contributed by atoms with Crippen molar-refractivity contribution in [2.45, 2.75) is 13.0 Å². The van der Waals surface area contributed by atoms with Crippen LogP contribution < -0.4 is 10.6 Å². The Morgan fingerprint density at radius 2 is 2.10 bits per heavy atom. The number of carbonyl (C=O) groups is 1. The first-order valence-corrected chi connectivity index (χ1v) is 7.54. The molecule has 0 aliphatic heterocycles. The number of amides is 1. The maximum Gasteiger partial charge on any atom is 0.269 e. The summed E-state index contributed by atoms with van der Waals surface area (Å²) < 4.78 is 0.860. The third-order valence-electron chi connectivity index (χ3n) is 2.83. The van der Waals surface area contributed by atoms with Crippen molar-refractivity contribution in [1.82, 2.24) is 20.6 Å². The first-order chi connectivity index (χ1) is 10.3. The van der Waals surface area contributed by atoms with Gasteiger partial charge in [-0.3, -0.25) is 9.78 Å². The van der Waals surface area contributed by atoms with Gasteiger partial charge in [0.25, 0.3) is 5.91 Å². The van der Waals surface area contributed by atoms with Crippen molar-refractivity contribution in [2.24, 2.45) is 0 Å². The quantitative estimate of drug-likeness (QED) is 0.752. The van der Waals surface area contributed by atoms with Gasteiger partial charge in [0.2, 0.25) is 0 Å². The van der Waals surface area contributed by atoms with E-state index in [4.69, 9.17) is 0 Å². The summed E-state index contributed by atoms with van der Waals surface area (Å²) >= 11 is 3.29. The second-order valence-corrected chi connectivity index (χ2v) is 5.42. The zero-order valence-corrected chi connectivity index (χ0v) is 13.1. The predicted molar refractivity (Wildman–Crippen MR) is 84.8 cm³/mol. The molecule has 0 saturated heterocycles. The van der Waals surface area contributed by atoms with Gasteiger partial charge in [-0.15, -0.1) is 0 Å². The van der Waals surface area contributed by atoms with Gasteiger partial charge in [-0.25, -0.2) is 4.98 Å². The summed E-state index contributed by atoms with van der Waals surface area (Å²) in [5, 5.41) is 6.16. The summed E-state index contributed by atoms with van der Waals surface area (Å²) in [6.45, 7) is 2.25. The number of nitrogens with zero attached hydrogens (tertiary/aromatic N) is 2. The molecule has 0 radical (unpaired) electrons. The zero-order chi connectivity index (χ0) is 14.9. The highest BCUT2D eigenvalue weighted by molar-refractivity contribution is 9.10. The minimum absolute atomic E-state index is 0.144. The SMILES string of the molecule is O=C(NCCCNCc1cccnc1)c1ccc(Br)cn1. The molecule has 110 valence electrons. The van der Waals surface area contributed by atoms with Gasteiger partial charge in [0, 0.05) is 36.2 Å². The molecule has 2 aromatic heterocycles. The molecule has 0 saturated carbocycles. The van der Waals surface area contributed by atoms with E-state index in [-0.39, 0.29) is 5.91 Å². The average Bonchev–Trinajstić information content (AvgIpc) is 2.52. The first kappa shape index (κ1) is 15.6. The molecule has 0 aliphatic carbocycles. The van der Waals surface area contributed by atoms with Gasteiger partial charge < -0.3 is 10.6 Å². The van der Waals surface area contributed by atoms with Crippen molar-refractivity contribution in [2.75, 3.05) is 13.1 Å². The van der Waals surface area contributed by atoms with Gasteiger partial charge in [0.1, 0.15) is 5.69 Å². The van der Waals surface area contributed by atoms with Gasteiger partial charge in [-0.1, -0.05) is 6.07 Å². The molecule has 2 N–H and O–H groups in total. The lowest BCUT2D eigenvalue weighted by Crippen LogP contribution is -2.27. The Labute approximate surface area is 132 Å². The molecule has 2 heterocycles. The Bertz CT molecular complexity index is 560. The van der Waals surface area contributed by atoms with Crippen molar-refractivity contribution in [1.29, 1.82) is 0 Å². The van der Waals surface area contributed by atoms with E-state index in [0.29, 0.717) is 12.2 Å². The minimum Gasteiger partial charge on any atom is -0.351 e. The zero-order valence-electron chi connectivity index (χ0n) is 11.6. The summed E-state index contributed by atoms with van der Waals surface area (Å²) in [4.78, 5) is 19.9. The van der Waals surface area contributed by atoms with Crippen molar-refractivity contribution >= 4 is 21.8 Å². The number of carbonyl (C=O) groups excluding carboxylic acids is 1. The molecule has 2 rings (SSSR count). The van der Waals surface area contributed by atoms with Crippen LogP contribution in [-0.4, -0.2) is 29.0 Å². The van der Waals surface area contributed by atoms with Crippen LogP contribution in [0.1, 0.15) is 22.5 Å². The Kier molecular flexibility index (Phi) is 6.30. The van der Waals surface area contributed by atoms with Crippen molar-refractivity contribution in [3.63, 3.8) is 0 Å². The molecule has 6 heteroatoms. The lowest BCUT2D eigenvalue weighted by molar-refractivity contribution is 0.0948. The number of pyridine rings is 2. The van der Waals surface area contributed by atoms with E-state index in [1.165, 1.54) is 0 Å². The Balaban J connectivity index is 1.59. The number of rotatable bonds is 7. The van der Waals surface area contributed by atoms with Crippen molar-refractivity contribution in [3.8, 4) is 0 Å². The van der Waals surface area contributed by atoms with Crippen molar-refractivity contribution < 1.29 is 4.79 Å². The molecule has 0 bridgehead atoms. The number of hydrogen-bond acceptors (Lipinski definition) is 4. The largest absolute Gasteiger partial charge is 0.351 e. The number of hydrogen-bond donors (Lipinski definition) is 2. The second kappa shape index (κ2) is 8.49. The van der Waals surface area contributed by atoms with Crippen LogP contribution in [0.4, 0.5) is 0 Å². The van der Waals surface area contributed by atoms with Crippen LogP contribution in [-0.2, 0) is 6.54 Å². The maximum atomic E-state index is 11.8. The highest BCUT2D eigenvalue weighted by Crippen LogP contribution is 2.07. The standard InChI is InChI=1S/C15H17BrN4O/c16-13-4-5-14(20-11-13)15(21)19-8-2-7-18-10-12-3-1-6-17-9-12/h1,3-6,9,11,18H,2,7-8,10H2,(H,19,21). The van der Waals surface area contributed by atoms with E-state index in [2.05, 4.69) is 36.5 Å². The van der Waals surface area contributed by atoms with Gasteiger partial charge in [0.15, 0.2) is 0 Å². The third kappa shape index (κ3) is 5.61. The summed E-state index contributed by atoms with van der Waals surface area (Å²) in [7, 11) is 0. The number of halogens is 1. The Hall–Kier alpha value is -1.79. The highest BCUT2D eigenvalue weighted by atomic mass is 79.9. The summed E-state index contributed by atoms with van der Waals surface area (Å²) in [6, 6.07) is 7.45. The topological polar surface area (TPSA) is 66.9 Å². The fraction of sp³-hybridized carbons (Fsp3) is 0.267. The van der Waals surface area contributed by atoms with E-state index >= 15 is 0 Å². The molecule has 0 aliphatic rings.